The molecule has 0 aromatic heterocycles. The largest absolute Gasteiger partial charge is 0.323 e. The van der Waals surface area contributed by atoms with E-state index in [1.165, 1.54) is 36.9 Å². The highest BCUT2D eigenvalue weighted by Crippen LogP contribution is 2.28. The minimum absolute atomic E-state index is 0.155. The van der Waals surface area contributed by atoms with Crippen LogP contribution < -0.4 is 5.73 Å². The molecule has 2 heteroatoms. The summed E-state index contributed by atoms with van der Waals surface area (Å²) in [5.41, 5.74) is 8.89. The lowest BCUT2D eigenvalue weighted by Gasteiger charge is -2.25. The minimum Gasteiger partial charge on any atom is -0.323 e. The molecule has 0 bridgehead atoms. The molecule has 0 aliphatic heterocycles. The van der Waals surface area contributed by atoms with E-state index in [2.05, 4.69) is 43.0 Å². The van der Waals surface area contributed by atoms with Gasteiger partial charge in [-0.3, -0.25) is 4.90 Å². The molecule has 1 fully saturated rings. The standard InChI is InChI=1S/C15H24N2/c1-3-9-17(14-7-8-14)11-15(16)13-6-4-5-12(2)10-13/h4-6,10,14-15H,3,7-9,11,16H2,1-2H3. The quantitative estimate of drug-likeness (QED) is 0.817. The van der Waals surface area contributed by atoms with Gasteiger partial charge in [-0.25, -0.2) is 0 Å². The predicted octanol–water partition coefficient (Wildman–Crippen LogP) is 2.87. The zero-order valence-electron chi connectivity index (χ0n) is 11.0. The van der Waals surface area contributed by atoms with E-state index in [0.717, 1.165) is 12.6 Å². The van der Waals surface area contributed by atoms with Gasteiger partial charge in [0, 0.05) is 18.6 Å². The maximum absolute atomic E-state index is 6.32. The average Bonchev–Trinajstić information content (AvgIpc) is 3.12. The Morgan fingerprint density at radius 1 is 1.41 bits per heavy atom. The number of nitrogens with zero attached hydrogens (tertiary/aromatic N) is 1. The minimum atomic E-state index is 0.155. The summed E-state index contributed by atoms with van der Waals surface area (Å²) in [6, 6.07) is 9.55. The highest BCUT2D eigenvalue weighted by Gasteiger charge is 2.29. The number of hydrogen-bond donors (Lipinski definition) is 1. The van der Waals surface area contributed by atoms with Gasteiger partial charge in [0.15, 0.2) is 0 Å². The van der Waals surface area contributed by atoms with Crippen LogP contribution in [0.2, 0.25) is 0 Å². The Balaban J connectivity index is 1.96. The van der Waals surface area contributed by atoms with E-state index < -0.39 is 0 Å². The third-order valence-electron chi connectivity index (χ3n) is 3.48. The normalized spacial score (nSPS) is 17.4. The van der Waals surface area contributed by atoms with Crippen molar-refractivity contribution in [2.24, 2.45) is 5.73 Å². The maximum Gasteiger partial charge on any atom is 0.0424 e. The highest BCUT2D eigenvalue weighted by atomic mass is 15.2. The first kappa shape index (κ1) is 12.6. The molecule has 17 heavy (non-hydrogen) atoms. The lowest BCUT2D eigenvalue weighted by molar-refractivity contribution is 0.248. The Bertz CT molecular complexity index is 358. The molecule has 1 aromatic carbocycles. The van der Waals surface area contributed by atoms with Gasteiger partial charge in [0.1, 0.15) is 0 Å². The molecule has 1 unspecified atom stereocenters. The van der Waals surface area contributed by atoms with E-state index in [-0.39, 0.29) is 6.04 Å². The Morgan fingerprint density at radius 2 is 2.18 bits per heavy atom. The van der Waals surface area contributed by atoms with E-state index >= 15 is 0 Å². The van der Waals surface area contributed by atoms with Crippen LogP contribution in [0.5, 0.6) is 0 Å². The first-order valence-electron chi connectivity index (χ1n) is 6.77. The summed E-state index contributed by atoms with van der Waals surface area (Å²) in [5, 5.41) is 0. The van der Waals surface area contributed by atoms with Gasteiger partial charge in [-0.1, -0.05) is 36.8 Å². The molecule has 1 atom stereocenters. The van der Waals surface area contributed by atoms with Crippen molar-refractivity contribution in [3.8, 4) is 0 Å². The van der Waals surface area contributed by atoms with Crippen LogP contribution in [0.1, 0.15) is 43.4 Å². The second-order valence-electron chi connectivity index (χ2n) is 5.25. The monoisotopic (exact) mass is 232 g/mol. The summed E-state index contributed by atoms with van der Waals surface area (Å²) >= 11 is 0. The second kappa shape index (κ2) is 5.65. The molecule has 0 amide bonds. The van der Waals surface area contributed by atoms with E-state index in [1.54, 1.807) is 0 Å². The van der Waals surface area contributed by atoms with Crippen molar-refractivity contribution >= 4 is 0 Å². The van der Waals surface area contributed by atoms with E-state index in [9.17, 15) is 0 Å². The summed E-state index contributed by atoms with van der Waals surface area (Å²) < 4.78 is 0. The summed E-state index contributed by atoms with van der Waals surface area (Å²) in [4.78, 5) is 2.56. The van der Waals surface area contributed by atoms with Crippen LogP contribution in [0.3, 0.4) is 0 Å². The molecule has 94 valence electrons. The lowest BCUT2D eigenvalue weighted by Crippen LogP contribution is -2.34. The maximum atomic E-state index is 6.32. The van der Waals surface area contributed by atoms with Crippen LogP contribution in [0.15, 0.2) is 24.3 Å². The smallest absolute Gasteiger partial charge is 0.0424 e. The Kier molecular flexibility index (Phi) is 4.19. The second-order valence-corrected chi connectivity index (χ2v) is 5.25. The molecular formula is C15H24N2. The van der Waals surface area contributed by atoms with Gasteiger partial charge >= 0.3 is 0 Å². The fourth-order valence-corrected chi connectivity index (χ4v) is 2.41. The van der Waals surface area contributed by atoms with Gasteiger partial charge in [-0.2, -0.15) is 0 Å². The predicted molar refractivity (Wildman–Crippen MR) is 73.0 cm³/mol. The van der Waals surface area contributed by atoms with Gasteiger partial charge < -0.3 is 5.73 Å². The number of hydrogen-bond acceptors (Lipinski definition) is 2. The first-order valence-corrected chi connectivity index (χ1v) is 6.77. The van der Waals surface area contributed by atoms with Crippen LogP contribution in [-0.2, 0) is 0 Å². The van der Waals surface area contributed by atoms with Crippen LogP contribution >= 0.6 is 0 Å². The lowest BCUT2D eigenvalue weighted by atomic mass is 10.0. The molecular weight excluding hydrogens is 208 g/mol. The molecule has 1 aliphatic carbocycles. The SMILES string of the molecule is CCCN(CC(N)c1cccc(C)c1)C1CC1. The molecule has 1 aliphatic rings. The van der Waals surface area contributed by atoms with Crippen molar-refractivity contribution in [3.63, 3.8) is 0 Å². The number of nitrogens with two attached hydrogens (primary N) is 1. The van der Waals surface area contributed by atoms with E-state index in [4.69, 9.17) is 5.73 Å². The fourth-order valence-electron chi connectivity index (χ4n) is 2.41. The van der Waals surface area contributed by atoms with Crippen LogP contribution in [-0.4, -0.2) is 24.0 Å². The van der Waals surface area contributed by atoms with Gasteiger partial charge in [-0.15, -0.1) is 0 Å². The van der Waals surface area contributed by atoms with Crippen molar-refractivity contribution in [1.82, 2.24) is 4.90 Å². The van der Waals surface area contributed by atoms with Crippen molar-refractivity contribution in [2.45, 2.75) is 45.2 Å². The molecule has 0 heterocycles. The van der Waals surface area contributed by atoms with Crippen LogP contribution in [0.4, 0.5) is 0 Å². The van der Waals surface area contributed by atoms with Crippen LogP contribution in [0, 0.1) is 6.92 Å². The molecule has 2 rings (SSSR count). The summed E-state index contributed by atoms with van der Waals surface area (Å²) in [7, 11) is 0. The average molecular weight is 232 g/mol. The number of benzene rings is 1. The topological polar surface area (TPSA) is 29.3 Å². The van der Waals surface area contributed by atoms with Crippen molar-refractivity contribution in [1.29, 1.82) is 0 Å². The van der Waals surface area contributed by atoms with Crippen molar-refractivity contribution in [2.75, 3.05) is 13.1 Å². The summed E-state index contributed by atoms with van der Waals surface area (Å²) in [6.45, 7) is 6.56. The third kappa shape index (κ3) is 3.55. The Labute approximate surface area is 105 Å². The van der Waals surface area contributed by atoms with E-state index in [1.807, 2.05) is 0 Å². The molecule has 1 aromatic rings. The number of aryl methyl sites for hydroxylation is 1. The molecule has 1 saturated carbocycles. The summed E-state index contributed by atoms with van der Waals surface area (Å²) in [5.74, 6) is 0. The highest BCUT2D eigenvalue weighted by molar-refractivity contribution is 5.25. The Hall–Kier alpha value is -0.860. The van der Waals surface area contributed by atoms with Gasteiger partial charge in [0.2, 0.25) is 0 Å². The van der Waals surface area contributed by atoms with Gasteiger partial charge in [-0.05, 0) is 38.3 Å². The van der Waals surface area contributed by atoms with Gasteiger partial charge in [0.05, 0.1) is 0 Å². The van der Waals surface area contributed by atoms with E-state index in [0.29, 0.717) is 0 Å². The first-order chi connectivity index (χ1) is 8.20. The van der Waals surface area contributed by atoms with Gasteiger partial charge in [0.25, 0.3) is 0 Å². The number of rotatable bonds is 6. The zero-order valence-corrected chi connectivity index (χ0v) is 11.0. The van der Waals surface area contributed by atoms with Crippen molar-refractivity contribution in [3.05, 3.63) is 35.4 Å². The van der Waals surface area contributed by atoms with Crippen LogP contribution in [0.25, 0.3) is 0 Å². The Morgan fingerprint density at radius 3 is 2.76 bits per heavy atom. The molecule has 2 N–H and O–H groups in total. The zero-order chi connectivity index (χ0) is 12.3. The molecule has 0 radical (unpaired) electrons. The third-order valence-corrected chi connectivity index (χ3v) is 3.48. The fraction of sp³-hybridized carbons (Fsp3) is 0.600. The molecule has 0 saturated heterocycles. The van der Waals surface area contributed by atoms with Crippen molar-refractivity contribution < 1.29 is 0 Å². The molecule has 2 nitrogen and oxygen atoms in total. The molecule has 0 spiro atoms. The summed E-state index contributed by atoms with van der Waals surface area (Å²) in [6.07, 6.45) is 3.94.